The molecule has 1 heterocycles. The summed E-state index contributed by atoms with van der Waals surface area (Å²) in [6.45, 7) is 6.89. The second kappa shape index (κ2) is 14.1. The fourth-order valence-corrected chi connectivity index (χ4v) is 2.72. The molecule has 2 rings (SSSR count). The van der Waals surface area contributed by atoms with Crippen molar-refractivity contribution in [3.63, 3.8) is 0 Å². The van der Waals surface area contributed by atoms with Crippen molar-refractivity contribution < 1.29 is 14.5 Å². The third kappa shape index (κ3) is 10.0. The number of imidazole rings is 1. The summed E-state index contributed by atoms with van der Waals surface area (Å²) >= 11 is 0. The van der Waals surface area contributed by atoms with Gasteiger partial charge in [-0.3, -0.25) is 0 Å². The number of carbonyl (C=O) groups excluding carboxylic acids is 1. The molecular formula is C22H34N2O2. The molecule has 0 bridgehead atoms. The molecule has 0 fully saturated rings. The highest BCUT2D eigenvalue weighted by Crippen LogP contribution is 2.02. The topological polar surface area (TPSA) is 48.9 Å². The minimum absolute atomic E-state index is 0.220. The summed E-state index contributed by atoms with van der Waals surface area (Å²) in [7, 11) is 0. The first-order chi connectivity index (χ1) is 12.7. The Hall–Kier alpha value is -2.10. The van der Waals surface area contributed by atoms with Gasteiger partial charge in [-0.2, -0.15) is 0 Å². The zero-order valence-corrected chi connectivity index (χ0v) is 16.4. The van der Waals surface area contributed by atoms with Crippen LogP contribution in [0, 0.1) is 0 Å². The molecule has 4 nitrogen and oxygen atoms in total. The first kappa shape index (κ1) is 21.9. The van der Waals surface area contributed by atoms with Crippen molar-refractivity contribution in [2.24, 2.45) is 0 Å². The molecule has 1 aromatic carbocycles. The fraction of sp³-hybridized carbons (Fsp3) is 0.545. The van der Waals surface area contributed by atoms with Crippen LogP contribution >= 0.6 is 0 Å². The average molecular weight is 359 g/mol. The summed E-state index contributed by atoms with van der Waals surface area (Å²) < 4.78 is 4.66. The molecule has 0 aliphatic rings. The molecule has 0 aliphatic heterocycles. The third-order valence-corrected chi connectivity index (χ3v) is 4.30. The Balaban J connectivity index is 0.000000314. The summed E-state index contributed by atoms with van der Waals surface area (Å²) in [5, 5.41) is 10.1. The van der Waals surface area contributed by atoms with Crippen molar-refractivity contribution in [1.82, 2.24) is 4.57 Å². The monoisotopic (exact) mass is 358 g/mol. The van der Waals surface area contributed by atoms with Crippen molar-refractivity contribution >= 4 is 5.97 Å². The van der Waals surface area contributed by atoms with Gasteiger partial charge >= 0.3 is 0 Å². The van der Waals surface area contributed by atoms with E-state index < -0.39 is 5.97 Å². The number of hydrogen-bond donors (Lipinski definition) is 0. The first-order valence-corrected chi connectivity index (χ1v) is 9.98. The lowest BCUT2D eigenvalue weighted by atomic mass is 10.2. The number of unbranched alkanes of at least 4 members (excludes halogenated alkanes) is 6. The van der Waals surface area contributed by atoms with Crippen LogP contribution in [0.4, 0.5) is 0 Å². The van der Waals surface area contributed by atoms with Crippen molar-refractivity contribution in [1.29, 1.82) is 0 Å². The summed E-state index contributed by atoms with van der Waals surface area (Å²) in [5.74, 6) is -1.13. The minimum Gasteiger partial charge on any atom is -0.545 e. The average Bonchev–Trinajstić information content (AvgIpc) is 3.11. The highest BCUT2D eigenvalue weighted by Gasteiger charge is 2.02. The largest absolute Gasteiger partial charge is 0.545 e. The Morgan fingerprint density at radius 2 is 1.62 bits per heavy atom. The van der Waals surface area contributed by atoms with Crippen LogP contribution in [0.5, 0.6) is 0 Å². The number of nitrogens with zero attached hydrogens (tertiary/aromatic N) is 2. The van der Waals surface area contributed by atoms with Gasteiger partial charge in [0.2, 0.25) is 6.33 Å². The van der Waals surface area contributed by atoms with Gasteiger partial charge in [0, 0.05) is 0 Å². The van der Waals surface area contributed by atoms with Crippen molar-refractivity contribution in [3.05, 3.63) is 54.6 Å². The summed E-state index contributed by atoms with van der Waals surface area (Å²) in [5.41, 5.74) is 0.220. The maximum absolute atomic E-state index is 10.1. The lowest BCUT2D eigenvalue weighted by molar-refractivity contribution is -0.696. The zero-order chi connectivity index (χ0) is 19.0. The third-order valence-electron chi connectivity index (χ3n) is 4.30. The van der Waals surface area contributed by atoms with Gasteiger partial charge in [-0.15, -0.1) is 0 Å². The number of rotatable bonds is 11. The molecule has 0 spiro atoms. The van der Waals surface area contributed by atoms with E-state index in [4.69, 9.17) is 0 Å². The maximum atomic E-state index is 10.1. The maximum Gasteiger partial charge on any atom is 0.243 e. The smallest absolute Gasteiger partial charge is 0.243 e. The predicted molar refractivity (Wildman–Crippen MR) is 104 cm³/mol. The SMILES string of the molecule is CCCCCCn1cc[n+](CCCCCC)c1.O=C([O-])c1ccccc1. The van der Waals surface area contributed by atoms with Crippen LogP contribution in [-0.2, 0) is 13.1 Å². The number of aryl methyl sites for hydroxylation is 2. The number of benzene rings is 1. The Kier molecular flexibility index (Phi) is 11.9. The van der Waals surface area contributed by atoms with Crippen LogP contribution in [0.1, 0.15) is 75.6 Å². The summed E-state index contributed by atoms with van der Waals surface area (Å²) in [6, 6.07) is 8.06. The fourth-order valence-electron chi connectivity index (χ4n) is 2.72. The van der Waals surface area contributed by atoms with E-state index in [1.54, 1.807) is 18.2 Å². The van der Waals surface area contributed by atoms with Crippen molar-refractivity contribution in [3.8, 4) is 0 Å². The molecular weight excluding hydrogens is 324 g/mol. The molecule has 0 saturated heterocycles. The molecule has 0 aliphatic carbocycles. The number of carboxylic acid groups (broad SMARTS) is 1. The molecule has 0 atom stereocenters. The highest BCUT2D eigenvalue weighted by molar-refractivity contribution is 5.85. The van der Waals surface area contributed by atoms with Crippen LogP contribution in [0.15, 0.2) is 49.1 Å². The van der Waals surface area contributed by atoms with Gasteiger partial charge in [0.1, 0.15) is 12.4 Å². The molecule has 0 amide bonds. The van der Waals surface area contributed by atoms with E-state index >= 15 is 0 Å². The van der Waals surface area contributed by atoms with Gasteiger partial charge in [-0.1, -0.05) is 69.9 Å². The molecule has 0 unspecified atom stereocenters. The predicted octanol–water partition coefficient (Wildman–Crippen LogP) is 3.99. The van der Waals surface area contributed by atoms with Crippen LogP contribution < -0.4 is 9.67 Å². The van der Waals surface area contributed by atoms with Crippen LogP contribution in [-0.4, -0.2) is 10.5 Å². The van der Waals surface area contributed by atoms with Gasteiger partial charge in [0.25, 0.3) is 0 Å². The van der Waals surface area contributed by atoms with Crippen LogP contribution in [0.2, 0.25) is 0 Å². The molecule has 26 heavy (non-hydrogen) atoms. The molecule has 1 aromatic heterocycles. The lowest BCUT2D eigenvalue weighted by Crippen LogP contribution is -2.30. The Morgan fingerprint density at radius 1 is 0.962 bits per heavy atom. The molecule has 2 aromatic rings. The first-order valence-electron chi connectivity index (χ1n) is 9.98. The zero-order valence-electron chi connectivity index (χ0n) is 16.4. The van der Waals surface area contributed by atoms with E-state index in [9.17, 15) is 9.90 Å². The molecule has 0 N–H and O–H groups in total. The summed E-state index contributed by atoms with van der Waals surface area (Å²) in [6.07, 6.45) is 17.4. The highest BCUT2D eigenvalue weighted by atomic mass is 16.4. The van der Waals surface area contributed by atoms with E-state index in [1.807, 2.05) is 0 Å². The molecule has 144 valence electrons. The van der Waals surface area contributed by atoms with Gasteiger partial charge in [0.05, 0.1) is 19.1 Å². The molecule has 4 heteroatoms. The van der Waals surface area contributed by atoms with Gasteiger partial charge in [-0.05, 0) is 31.2 Å². The normalized spacial score (nSPS) is 10.2. The van der Waals surface area contributed by atoms with E-state index in [0.717, 1.165) is 0 Å². The number of aromatic nitrogens is 2. The van der Waals surface area contributed by atoms with E-state index in [2.05, 4.69) is 41.7 Å². The number of carbonyl (C=O) groups is 1. The van der Waals surface area contributed by atoms with E-state index in [0.29, 0.717) is 0 Å². The number of hydrogen-bond acceptors (Lipinski definition) is 2. The Bertz CT molecular complexity index is 567. The molecule has 0 radical (unpaired) electrons. The second-order valence-corrected chi connectivity index (χ2v) is 6.66. The second-order valence-electron chi connectivity index (χ2n) is 6.66. The van der Waals surface area contributed by atoms with Gasteiger partial charge in [-0.25, -0.2) is 9.13 Å². The Labute approximate surface area is 158 Å². The lowest BCUT2D eigenvalue weighted by Gasteiger charge is -1.97. The van der Waals surface area contributed by atoms with E-state index in [1.165, 1.54) is 76.6 Å². The van der Waals surface area contributed by atoms with Crippen molar-refractivity contribution in [2.45, 2.75) is 78.3 Å². The van der Waals surface area contributed by atoms with Gasteiger partial charge in [0.15, 0.2) is 0 Å². The van der Waals surface area contributed by atoms with Crippen LogP contribution in [0.25, 0.3) is 0 Å². The Morgan fingerprint density at radius 3 is 2.19 bits per heavy atom. The van der Waals surface area contributed by atoms with E-state index in [-0.39, 0.29) is 5.56 Å². The standard InChI is InChI=1S/C15H29N2.C7H6O2/c1-3-5-7-9-11-16-13-14-17(15-16)12-10-8-6-4-2;8-7(9)6-4-2-1-3-5-6/h13-15H,3-12H2,1-2H3;1-5H,(H,8,9)/q+1;/p-1. The quantitative estimate of drug-likeness (QED) is 0.450. The van der Waals surface area contributed by atoms with Gasteiger partial charge < -0.3 is 9.90 Å². The number of aromatic carboxylic acids is 1. The molecule has 0 saturated carbocycles. The number of carboxylic acids is 1. The van der Waals surface area contributed by atoms with Crippen LogP contribution in [0.3, 0.4) is 0 Å². The minimum atomic E-state index is -1.13. The summed E-state index contributed by atoms with van der Waals surface area (Å²) in [4.78, 5) is 10.1. The van der Waals surface area contributed by atoms with Crippen molar-refractivity contribution in [2.75, 3.05) is 0 Å².